The minimum atomic E-state index is -4.81. The molecule has 0 bridgehead atoms. The molecule has 118 valence electrons. The van der Waals surface area contributed by atoms with Gasteiger partial charge in [-0.1, -0.05) is 26.3 Å². The molecular weight excluding hydrogens is 286 g/mol. The maximum absolute atomic E-state index is 14.0. The molecular formula is C15H19F4NO. The number of carbonyl (C=O) groups is 1. The van der Waals surface area contributed by atoms with Crippen LogP contribution in [0.4, 0.5) is 17.6 Å². The number of carbonyl (C=O) groups excluding carboxylic acids is 1. The van der Waals surface area contributed by atoms with Crippen LogP contribution in [0.2, 0.25) is 0 Å². The van der Waals surface area contributed by atoms with Gasteiger partial charge in [-0.15, -0.1) is 0 Å². The second kappa shape index (κ2) is 6.91. The fourth-order valence-corrected chi connectivity index (χ4v) is 1.95. The summed E-state index contributed by atoms with van der Waals surface area (Å²) in [6.07, 6.45) is -3.98. The van der Waals surface area contributed by atoms with Crippen molar-refractivity contribution in [3.05, 3.63) is 35.1 Å². The van der Waals surface area contributed by atoms with Gasteiger partial charge in [-0.3, -0.25) is 4.79 Å². The van der Waals surface area contributed by atoms with Crippen LogP contribution in [-0.4, -0.2) is 23.9 Å². The molecule has 0 heterocycles. The molecule has 0 aliphatic heterocycles. The molecule has 6 heteroatoms. The quantitative estimate of drug-likeness (QED) is 0.740. The summed E-state index contributed by atoms with van der Waals surface area (Å²) in [5.41, 5.74) is -1.94. The Hall–Kier alpha value is -1.59. The van der Waals surface area contributed by atoms with Gasteiger partial charge in [0.25, 0.3) is 5.91 Å². The van der Waals surface area contributed by atoms with Crippen LogP contribution in [0, 0.1) is 11.7 Å². The van der Waals surface area contributed by atoms with Crippen molar-refractivity contribution in [3.8, 4) is 0 Å². The Morgan fingerprint density at radius 3 is 2.38 bits per heavy atom. The summed E-state index contributed by atoms with van der Waals surface area (Å²) in [5.74, 6) is -2.01. The standard InChI is InChI=1S/C15H19F4NO/c1-4-10(3)9-20(5-2)14(21)11-7-6-8-12(13(11)16)15(17,18)19/h6-8,10H,4-5,9H2,1-3H3. The zero-order valence-electron chi connectivity index (χ0n) is 12.3. The van der Waals surface area contributed by atoms with Gasteiger partial charge in [-0.2, -0.15) is 13.2 Å². The van der Waals surface area contributed by atoms with Crippen LogP contribution in [-0.2, 0) is 6.18 Å². The molecule has 2 nitrogen and oxygen atoms in total. The number of amides is 1. The molecule has 0 aliphatic rings. The van der Waals surface area contributed by atoms with Gasteiger partial charge in [0.2, 0.25) is 0 Å². The highest BCUT2D eigenvalue weighted by Crippen LogP contribution is 2.32. The molecule has 1 rings (SSSR count). The SMILES string of the molecule is CCC(C)CN(CC)C(=O)c1cccc(C(F)(F)F)c1F. The second-order valence-electron chi connectivity index (χ2n) is 5.02. The highest BCUT2D eigenvalue weighted by atomic mass is 19.4. The lowest BCUT2D eigenvalue weighted by atomic mass is 10.1. The van der Waals surface area contributed by atoms with Crippen LogP contribution in [0.1, 0.15) is 43.1 Å². The van der Waals surface area contributed by atoms with Crippen LogP contribution >= 0.6 is 0 Å². The molecule has 0 spiro atoms. The van der Waals surface area contributed by atoms with E-state index in [9.17, 15) is 22.4 Å². The number of benzene rings is 1. The van der Waals surface area contributed by atoms with E-state index >= 15 is 0 Å². The zero-order chi connectivity index (χ0) is 16.2. The van der Waals surface area contributed by atoms with Crippen molar-refractivity contribution in [2.45, 2.75) is 33.4 Å². The van der Waals surface area contributed by atoms with Crippen molar-refractivity contribution < 1.29 is 22.4 Å². The van der Waals surface area contributed by atoms with E-state index in [1.165, 1.54) is 4.90 Å². The predicted octanol–water partition coefficient (Wildman–Crippen LogP) is 4.35. The van der Waals surface area contributed by atoms with Crippen LogP contribution in [0.5, 0.6) is 0 Å². The molecule has 0 fully saturated rings. The van der Waals surface area contributed by atoms with E-state index in [1.54, 1.807) is 6.92 Å². The van der Waals surface area contributed by atoms with Crippen molar-refractivity contribution in [1.82, 2.24) is 4.90 Å². The topological polar surface area (TPSA) is 20.3 Å². The number of rotatable bonds is 5. The number of halogens is 4. The summed E-state index contributed by atoms with van der Waals surface area (Å²) in [6.45, 7) is 6.30. The van der Waals surface area contributed by atoms with E-state index in [0.29, 0.717) is 19.2 Å². The first-order valence-corrected chi connectivity index (χ1v) is 6.87. The lowest BCUT2D eigenvalue weighted by Crippen LogP contribution is -2.35. The highest BCUT2D eigenvalue weighted by molar-refractivity contribution is 5.94. The first kappa shape index (κ1) is 17.5. The van der Waals surface area contributed by atoms with Crippen LogP contribution in [0.25, 0.3) is 0 Å². The molecule has 0 saturated heterocycles. The largest absolute Gasteiger partial charge is 0.419 e. The summed E-state index contributed by atoms with van der Waals surface area (Å²) in [5, 5.41) is 0. The maximum Gasteiger partial charge on any atom is 0.419 e. The van der Waals surface area contributed by atoms with E-state index < -0.39 is 29.0 Å². The molecule has 0 radical (unpaired) electrons. The third kappa shape index (κ3) is 4.19. The van der Waals surface area contributed by atoms with Gasteiger partial charge in [-0.25, -0.2) is 4.39 Å². The van der Waals surface area contributed by atoms with E-state index in [4.69, 9.17) is 0 Å². The van der Waals surface area contributed by atoms with Crippen LogP contribution in [0.3, 0.4) is 0 Å². The van der Waals surface area contributed by atoms with Gasteiger partial charge in [0.05, 0.1) is 11.1 Å². The monoisotopic (exact) mass is 305 g/mol. The molecule has 1 amide bonds. The van der Waals surface area contributed by atoms with Crippen molar-refractivity contribution >= 4 is 5.91 Å². The van der Waals surface area contributed by atoms with Gasteiger partial charge < -0.3 is 4.90 Å². The average molecular weight is 305 g/mol. The van der Waals surface area contributed by atoms with Crippen molar-refractivity contribution in [3.63, 3.8) is 0 Å². The maximum atomic E-state index is 14.0. The Kier molecular flexibility index (Phi) is 5.75. The van der Waals surface area contributed by atoms with Crippen LogP contribution in [0.15, 0.2) is 18.2 Å². The van der Waals surface area contributed by atoms with E-state index in [-0.39, 0.29) is 5.92 Å². The number of nitrogens with zero attached hydrogens (tertiary/aromatic N) is 1. The Balaban J connectivity index is 3.12. The zero-order valence-corrected chi connectivity index (χ0v) is 12.3. The fourth-order valence-electron chi connectivity index (χ4n) is 1.95. The lowest BCUT2D eigenvalue weighted by molar-refractivity contribution is -0.140. The molecule has 1 atom stereocenters. The number of alkyl halides is 3. The van der Waals surface area contributed by atoms with Gasteiger partial charge in [0, 0.05) is 13.1 Å². The first-order chi connectivity index (χ1) is 9.72. The average Bonchev–Trinajstić information content (AvgIpc) is 2.42. The Morgan fingerprint density at radius 1 is 1.29 bits per heavy atom. The van der Waals surface area contributed by atoms with Gasteiger partial charge in [0.1, 0.15) is 5.82 Å². The molecule has 1 aromatic carbocycles. The Morgan fingerprint density at radius 2 is 1.90 bits per heavy atom. The third-order valence-corrected chi connectivity index (χ3v) is 3.43. The Labute approximate surface area is 121 Å². The number of hydrogen-bond acceptors (Lipinski definition) is 1. The minimum absolute atomic E-state index is 0.197. The predicted molar refractivity (Wildman–Crippen MR) is 72.4 cm³/mol. The summed E-state index contributed by atoms with van der Waals surface area (Å²) >= 11 is 0. The molecule has 1 aromatic rings. The van der Waals surface area contributed by atoms with Crippen molar-refractivity contribution in [2.75, 3.05) is 13.1 Å². The normalized spacial score (nSPS) is 13.1. The first-order valence-electron chi connectivity index (χ1n) is 6.87. The molecule has 0 N–H and O–H groups in total. The van der Waals surface area contributed by atoms with E-state index in [1.807, 2.05) is 13.8 Å². The fraction of sp³-hybridized carbons (Fsp3) is 0.533. The second-order valence-corrected chi connectivity index (χ2v) is 5.02. The van der Waals surface area contributed by atoms with Gasteiger partial charge >= 0.3 is 6.18 Å². The Bertz CT molecular complexity index is 499. The van der Waals surface area contributed by atoms with Gasteiger partial charge in [0.15, 0.2) is 0 Å². The smallest absolute Gasteiger partial charge is 0.339 e. The number of hydrogen-bond donors (Lipinski definition) is 0. The van der Waals surface area contributed by atoms with Crippen molar-refractivity contribution in [2.24, 2.45) is 5.92 Å². The highest BCUT2D eigenvalue weighted by Gasteiger charge is 2.36. The summed E-state index contributed by atoms with van der Waals surface area (Å²) < 4.78 is 52.0. The molecule has 1 unspecified atom stereocenters. The van der Waals surface area contributed by atoms with Crippen molar-refractivity contribution in [1.29, 1.82) is 0 Å². The van der Waals surface area contributed by atoms with E-state index in [2.05, 4.69) is 0 Å². The molecule has 0 aromatic heterocycles. The minimum Gasteiger partial charge on any atom is -0.339 e. The molecule has 0 saturated carbocycles. The van der Waals surface area contributed by atoms with Crippen LogP contribution < -0.4 is 0 Å². The van der Waals surface area contributed by atoms with E-state index in [0.717, 1.165) is 18.6 Å². The molecule has 21 heavy (non-hydrogen) atoms. The van der Waals surface area contributed by atoms with Gasteiger partial charge in [-0.05, 0) is 25.0 Å². The molecule has 0 aliphatic carbocycles. The summed E-state index contributed by atoms with van der Waals surface area (Å²) in [7, 11) is 0. The summed E-state index contributed by atoms with van der Waals surface area (Å²) in [4.78, 5) is 13.6. The lowest BCUT2D eigenvalue weighted by Gasteiger charge is -2.24. The third-order valence-electron chi connectivity index (χ3n) is 3.43. The summed E-state index contributed by atoms with van der Waals surface area (Å²) in [6, 6.07) is 2.78.